The van der Waals surface area contributed by atoms with Gasteiger partial charge in [-0.05, 0) is 43.3 Å². The van der Waals surface area contributed by atoms with Gasteiger partial charge < -0.3 is 4.42 Å². The molecule has 0 bridgehead atoms. The molecular formula is C20H14FN3O2S. The smallest absolute Gasteiger partial charge is 0.345 e. The van der Waals surface area contributed by atoms with Crippen molar-refractivity contribution in [2.24, 2.45) is 5.10 Å². The van der Waals surface area contributed by atoms with Crippen molar-refractivity contribution < 1.29 is 8.81 Å². The molecule has 0 aliphatic carbocycles. The summed E-state index contributed by atoms with van der Waals surface area (Å²) >= 11 is 1.37. The lowest BCUT2D eigenvalue weighted by atomic mass is 10.1. The number of halogens is 1. The van der Waals surface area contributed by atoms with Crippen molar-refractivity contribution in [2.75, 3.05) is 5.43 Å². The Morgan fingerprint density at radius 3 is 2.78 bits per heavy atom. The molecule has 0 atom stereocenters. The molecule has 1 N–H and O–H groups in total. The second kappa shape index (κ2) is 7.13. The van der Waals surface area contributed by atoms with Crippen molar-refractivity contribution in [1.82, 2.24) is 4.98 Å². The van der Waals surface area contributed by atoms with Gasteiger partial charge in [-0.1, -0.05) is 18.2 Å². The highest BCUT2D eigenvalue weighted by Gasteiger charge is 2.09. The quantitative estimate of drug-likeness (QED) is 0.311. The molecule has 5 nitrogen and oxygen atoms in total. The summed E-state index contributed by atoms with van der Waals surface area (Å²) < 4.78 is 18.4. The minimum atomic E-state index is -0.442. The normalized spacial score (nSPS) is 11.7. The molecule has 2 aromatic heterocycles. The van der Waals surface area contributed by atoms with Crippen LogP contribution in [-0.2, 0) is 0 Å². The zero-order valence-corrected chi connectivity index (χ0v) is 15.1. The standard InChI is InChI=1S/C20H14FN3O2S/c1-12(16-10-14-4-2-3-5-18(14)26-19(16)25)23-24-20-22-17(11-27-20)13-6-8-15(21)9-7-13/h2-11H,1H3,(H,22,24)/b23-12-. The number of rotatable bonds is 4. The highest BCUT2D eigenvalue weighted by Crippen LogP contribution is 2.25. The Bertz CT molecular complexity index is 1200. The molecule has 0 unspecified atom stereocenters. The van der Waals surface area contributed by atoms with Gasteiger partial charge in [0, 0.05) is 16.3 Å². The SMILES string of the molecule is C/C(=N/Nc1nc(-c2ccc(F)cc2)cs1)c1cc2ccccc2oc1=O. The Kier molecular flexibility index (Phi) is 4.52. The molecule has 0 saturated carbocycles. The maximum atomic E-state index is 13.0. The summed E-state index contributed by atoms with van der Waals surface area (Å²) in [7, 11) is 0. The van der Waals surface area contributed by atoms with Gasteiger partial charge in [-0.2, -0.15) is 5.10 Å². The number of fused-ring (bicyclic) bond motifs is 1. The highest BCUT2D eigenvalue weighted by molar-refractivity contribution is 7.14. The number of thiazole rings is 1. The maximum Gasteiger partial charge on any atom is 0.345 e. The Morgan fingerprint density at radius 1 is 1.19 bits per heavy atom. The van der Waals surface area contributed by atoms with Crippen molar-refractivity contribution >= 4 is 33.1 Å². The third-order valence-corrected chi connectivity index (χ3v) is 4.74. The van der Waals surface area contributed by atoms with E-state index in [9.17, 15) is 9.18 Å². The molecule has 0 fully saturated rings. The molecule has 2 aromatic carbocycles. The Hall–Kier alpha value is -3.32. The second-order valence-corrected chi connectivity index (χ2v) is 6.70. The van der Waals surface area contributed by atoms with Gasteiger partial charge in [0.1, 0.15) is 11.4 Å². The van der Waals surface area contributed by atoms with Gasteiger partial charge in [0.05, 0.1) is 17.0 Å². The van der Waals surface area contributed by atoms with Crippen LogP contribution in [0.3, 0.4) is 0 Å². The topological polar surface area (TPSA) is 67.5 Å². The van der Waals surface area contributed by atoms with Crippen molar-refractivity contribution in [3.05, 3.63) is 81.8 Å². The van der Waals surface area contributed by atoms with Crippen LogP contribution in [0.2, 0.25) is 0 Å². The number of aromatic nitrogens is 1. The fourth-order valence-corrected chi connectivity index (χ4v) is 3.25. The van der Waals surface area contributed by atoms with Crippen molar-refractivity contribution in [2.45, 2.75) is 6.92 Å². The zero-order chi connectivity index (χ0) is 18.8. The van der Waals surface area contributed by atoms with E-state index in [1.807, 2.05) is 23.6 Å². The number of hydrazone groups is 1. The minimum absolute atomic E-state index is 0.290. The first kappa shape index (κ1) is 17.1. The van der Waals surface area contributed by atoms with Crippen LogP contribution >= 0.6 is 11.3 Å². The number of anilines is 1. The van der Waals surface area contributed by atoms with Gasteiger partial charge in [0.15, 0.2) is 0 Å². The van der Waals surface area contributed by atoms with Crippen molar-refractivity contribution in [3.63, 3.8) is 0 Å². The number of nitrogens with one attached hydrogen (secondary N) is 1. The van der Waals surface area contributed by atoms with Crippen LogP contribution in [0.4, 0.5) is 9.52 Å². The van der Waals surface area contributed by atoms with E-state index in [2.05, 4.69) is 15.5 Å². The van der Waals surface area contributed by atoms with E-state index in [0.29, 0.717) is 22.0 Å². The van der Waals surface area contributed by atoms with Crippen LogP contribution in [0, 0.1) is 5.82 Å². The van der Waals surface area contributed by atoms with Crippen LogP contribution in [0.15, 0.2) is 74.3 Å². The number of hydrogen-bond donors (Lipinski definition) is 1. The summed E-state index contributed by atoms with van der Waals surface area (Å²) in [6.45, 7) is 1.72. The summed E-state index contributed by atoms with van der Waals surface area (Å²) in [5, 5.41) is 7.50. The first-order chi connectivity index (χ1) is 13.1. The van der Waals surface area contributed by atoms with E-state index >= 15 is 0 Å². The lowest BCUT2D eigenvalue weighted by Gasteiger charge is -2.02. The maximum absolute atomic E-state index is 13.0. The lowest BCUT2D eigenvalue weighted by Crippen LogP contribution is -2.13. The summed E-state index contributed by atoms with van der Waals surface area (Å²) in [5.41, 5.74) is 5.37. The van der Waals surface area contributed by atoms with Gasteiger partial charge in [0.2, 0.25) is 5.13 Å². The molecule has 0 aliphatic rings. The average molecular weight is 379 g/mol. The van der Waals surface area contributed by atoms with Gasteiger partial charge in [0.25, 0.3) is 0 Å². The van der Waals surface area contributed by atoms with E-state index in [-0.39, 0.29) is 5.82 Å². The van der Waals surface area contributed by atoms with E-state index < -0.39 is 5.63 Å². The second-order valence-electron chi connectivity index (χ2n) is 5.84. The summed E-state index contributed by atoms with van der Waals surface area (Å²) in [6.07, 6.45) is 0. The monoisotopic (exact) mass is 379 g/mol. The largest absolute Gasteiger partial charge is 0.422 e. The predicted molar refractivity (Wildman–Crippen MR) is 106 cm³/mol. The van der Waals surface area contributed by atoms with Gasteiger partial charge in [-0.15, -0.1) is 11.3 Å². The Morgan fingerprint density at radius 2 is 1.96 bits per heavy atom. The Labute approximate surface area is 157 Å². The molecule has 7 heteroatoms. The molecule has 4 aromatic rings. The summed E-state index contributed by atoms with van der Waals surface area (Å²) in [6, 6.07) is 15.2. The molecule has 0 amide bonds. The van der Waals surface area contributed by atoms with Gasteiger partial charge in [-0.3, -0.25) is 5.43 Å². The summed E-state index contributed by atoms with van der Waals surface area (Å²) in [4.78, 5) is 16.6. The lowest BCUT2D eigenvalue weighted by molar-refractivity contribution is 0.559. The van der Waals surface area contributed by atoms with Crippen LogP contribution in [-0.4, -0.2) is 10.7 Å². The summed E-state index contributed by atoms with van der Waals surface area (Å²) in [5.74, 6) is -0.290. The van der Waals surface area contributed by atoms with Gasteiger partial charge >= 0.3 is 5.63 Å². The molecule has 2 heterocycles. The Balaban J connectivity index is 1.57. The first-order valence-corrected chi connectivity index (χ1v) is 9.03. The van der Waals surface area contributed by atoms with E-state index in [1.54, 1.807) is 31.2 Å². The molecule has 134 valence electrons. The zero-order valence-electron chi connectivity index (χ0n) is 14.3. The highest BCUT2D eigenvalue weighted by atomic mass is 32.1. The van der Waals surface area contributed by atoms with Crippen LogP contribution in [0.25, 0.3) is 22.2 Å². The first-order valence-electron chi connectivity index (χ1n) is 8.15. The number of para-hydroxylation sites is 1. The molecule has 4 rings (SSSR count). The number of hydrogen-bond acceptors (Lipinski definition) is 6. The fourth-order valence-electron chi connectivity index (χ4n) is 2.58. The van der Waals surface area contributed by atoms with Crippen LogP contribution < -0.4 is 11.1 Å². The predicted octanol–water partition coefficient (Wildman–Crippen LogP) is 4.89. The van der Waals surface area contributed by atoms with E-state index in [0.717, 1.165) is 16.6 Å². The van der Waals surface area contributed by atoms with E-state index in [1.165, 1.54) is 23.5 Å². The molecule has 0 saturated heterocycles. The molecule has 0 aliphatic heterocycles. The molecule has 0 spiro atoms. The van der Waals surface area contributed by atoms with Crippen LogP contribution in [0.1, 0.15) is 12.5 Å². The van der Waals surface area contributed by atoms with Crippen molar-refractivity contribution in [1.29, 1.82) is 0 Å². The average Bonchev–Trinajstić information content (AvgIpc) is 3.15. The fraction of sp³-hybridized carbons (Fsp3) is 0.0500. The minimum Gasteiger partial charge on any atom is -0.422 e. The van der Waals surface area contributed by atoms with E-state index in [4.69, 9.17) is 4.42 Å². The van der Waals surface area contributed by atoms with Gasteiger partial charge in [-0.25, -0.2) is 14.2 Å². The third kappa shape index (κ3) is 3.63. The number of nitrogens with zero attached hydrogens (tertiary/aromatic N) is 2. The van der Waals surface area contributed by atoms with Crippen molar-refractivity contribution in [3.8, 4) is 11.3 Å². The molecule has 0 radical (unpaired) electrons. The van der Waals surface area contributed by atoms with Crippen LogP contribution in [0.5, 0.6) is 0 Å². The molecule has 27 heavy (non-hydrogen) atoms. The third-order valence-electron chi connectivity index (χ3n) is 3.99. The molecular weight excluding hydrogens is 365 g/mol. The number of benzene rings is 2.